The van der Waals surface area contributed by atoms with Crippen LogP contribution in [0.3, 0.4) is 0 Å². The first-order chi connectivity index (χ1) is 17.2. The van der Waals surface area contributed by atoms with E-state index in [0.717, 1.165) is 16.7 Å². The summed E-state index contributed by atoms with van der Waals surface area (Å²) in [7, 11) is 4.51. The number of carbonyl (C=O) groups is 3. The molecule has 0 spiro atoms. The highest BCUT2D eigenvalue weighted by Gasteiger charge is 2.31. The molecule has 1 fully saturated rings. The minimum absolute atomic E-state index is 0.147. The van der Waals surface area contributed by atoms with Crippen molar-refractivity contribution < 1.29 is 28.6 Å². The van der Waals surface area contributed by atoms with Gasteiger partial charge in [0, 0.05) is 45.1 Å². The zero-order chi connectivity index (χ0) is 26.4. The van der Waals surface area contributed by atoms with Gasteiger partial charge >= 0.3 is 0 Å². The topological polar surface area (TPSA) is 97.4 Å². The number of benzene rings is 2. The summed E-state index contributed by atoms with van der Waals surface area (Å²) in [6.07, 6.45) is 0.413. The van der Waals surface area contributed by atoms with E-state index in [9.17, 15) is 14.4 Å². The lowest BCUT2D eigenvalue weighted by atomic mass is 9.98. The van der Waals surface area contributed by atoms with Crippen LogP contribution in [0.1, 0.15) is 34.0 Å². The molecule has 9 nitrogen and oxygen atoms in total. The molecule has 2 aromatic carbocycles. The van der Waals surface area contributed by atoms with Gasteiger partial charge in [-0.2, -0.15) is 0 Å². The van der Waals surface area contributed by atoms with E-state index in [2.05, 4.69) is 5.32 Å². The average Bonchev–Trinajstić information content (AvgIpc) is 2.88. The van der Waals surface area contributed by atoms with Crippen LogP contribution in [-0.2, 0) is 16.0 Å². The summed E-state index contributed by atoms with van der Waals surface area (Å²) in [6, 6.07) is 8.67. The molecule has 3 amide bonds. The number of nitrogens with one attached hydrogen (secondary N) is 1. The Balaban J connectivity index is 1.71. The number of piperazine rings is 1. The van der Waals surface area contributed by atoms with Gasteiger partial charge in [-0.25, -0.2) is 0 Å². The molecule has 0 bridgehead atoms. The van der Waals surface area contributed by atoms with E-state index in [1.165, 1.54) is 28.3 Å². The van der Waals surface area contributed by atoms with E-state index in [0.29, 0.717) is 55.4 Å². The first-order valence-corrected chi connectivity index (χ1v) is 11.9. The minimum atomic E-state index is -0.666. The molecule has 9 heteroatoms. The minimum Gasteiger partial charge on any atom is -0.493 e. The molecule has 1 heterocycles. The molecule has 0 aromatic heterocycles. The summed E-state index contributed by atoms with van der Waals surface area (Å²) in [5.41, 5.74) is 3.61. The number of ether oxygens (including phenoxy) is 3. The first-order valence-electron chi connectivity index (χ1n) is 11.9. The normalized spacial score (nSPS) is 14.2. The van der Waals surface area contributed by atoms with Gasteiger partial charge in [-0.15, -0.1) is 0 Å². The fraction of sp³-hybridized carbons (Fsp3) is 0.444. The van der Waals surface area contributed by atoms with Gasteiger partial charge < -0.3 is 29.3 Å². The number of amides is 3. The van der Waals surface area contributed by atoms with Crippen LogP contribution in [0.2, 0.25) is 0 Å². The summed E-state index contributed by atoms with van der Waals surface area (Å²) in [4.78, 5) is 41.9. The number of hydrogen-bond acceptors (Lipinski definition) is 6. The van der Waals surface area contributed by atoms with Crippen LogP contribution in [0.25, 0.3) is 0 Å². The SMILES string of the molecule is COc1cc(C(=O)N2CCN(C(=O)[C@H](Cc3cc(C)ccc3C)NC(C)=O)CC2)cc(OC)c1OC. The van der Waals surface area contributed by atoms with Crippen molar-refractivity contribution in [3.05, 3.63) is 52.6 Å². The third-order valence-corrected chi connectivity index (χ3v) is 6.39. The summed E-state index contributed by atoms with van der Waals surface area (Å²) in [6.45, 7) is 6.90. The van der Waals surface area contributed by atoms with E-state index in [1.807, 2.05) is 32.0 Å². The van der Waals surface area contributed by atoms with E-state index in [-0.39, 0.29) is 17.7 Å². The first kappa shape index (κ1) is 26.8. The van der Waals surface area contributed by atoms with Crippen molar-refractivity contribution in [3.63, 3.8) is 0 Å². The molecule has 1 saturated heterocycles. The molecule has 0 aliphatic carbocycles. The van der Waals surface area contributed by atoms with Gasteiger partial charge in [-0.3, -0.25) is 14.4 Å². The van der Waals surface area contributed by atoms with Crippen molar-refractivity contribution in [3.8, 4) is 17.2 Å². The molecule has 36 heavy (non-hydrogen) atoms. The van der Waals surface area contributed by atoms with Crippen LogP contribution >= 0.6 is 0 Å². The Hall–Kier alpha value is -3.75. The van der Waals surface area contributed by atoms with Crippen LogP contribution < -0.4 is 19.5 Å². The molecule has 2 aromatic rings. The lowest BCUT2D eigenvalue weighted by molar-refractivity contribution is -0.137. The molecule has 1 aliphatic heterocycles. The maximum atomic E-state index is 13.4. The maximum absolute atomic E-state index is 13.4. The molecule has 3 rings (SSSR count). The van der Waals surface area contributed by atoms with Crippen LogP contribution in [0.5, 0.6) is 17.2 Å². The lowest BCUT2D eigenvalue weighted by Gasteiger charge is -2.36. The monoisotopic (exact) mass is 497 g/mol. The molecule has 1 atom stereocenters. The molecule has 194 valence electrons. The fourth-order valence-corrected chi connectivity index (χ4v) is 4.42. The van der Waals surface area contributed by atoms with Gasteiger partial charge in [0.2, 0.25) is 17.6 Å². The largest absolute Gasteiger partial charge is 0.493 e. The van der Waals surface area contributed by atoms with E-state index in [4.69, 9.17) is 14.2 Å². The van der Waals surface area contributed by atoms with Crippen molar-refractivity contribution in [2.24, 2.45) is 0 Å². The third kappa shape index (κ3) is 6.08. The fourth-order valence-electron chi connectivity index (χ4n) is 4.42. The quantitative estimate of drug-likeness (QED) is 0.602. The standard InChI is InChI=1S/C27H35N3O6/c1-17-7-8-18(2)20(13-17)14-22(28-19(3)31)27(33)30-11-9-29(10-12-30)26(32)21-15-23(34-4)25(36-6)24(16-21)35-5/h7-8,13,15-16,22H,9-12,14H2,1-6H3,(H,28,31)/t22-/m0/s1. The Morgan fingerprint density at radius 3 is 2.00 bits per heavy atom. The summed E-state index contributed by atoms with van der Waals surface area (Å²) in [5.74, 6) is 0.632. The van der Waals surface area contributed by atoms with Gasteiger partial charge in [0.1, 0.15) is 6.04 Å². The Labute approximate surface area is 212 Å². The Kier molecular flexibility index (Phi) is 8.79. The van der Waals surface area contributed by atoms with Crippen molar-refractivity contribution in [2.75, 3.05) is 47.5 Å². The number of carbonyl (C=O) groups excluding carboxylic acids is 3. The summed E-state index contributed by atoms with van der Waals surface area (Å²) < 4.78 is 16.1. The van der Waals surface area contributed by atoms with Gasteiger partial charge in [-0.1, -0.05) is 23.8 Å². The second-order valence-corrected chi connectivity index (χ2v) is 8.92. The second kappa shape index (κ2) is 11.8. The number of hydrogen-bond donors (Lipinski definition) is 1. The average molecular weight is 498 g/mol. The van der Waals surface area contributed by atoms with Crippen molar-refractivity contribution in [1.82, 2.24) is 15.1 Å². The van der Waals surface area contributed by atoms with Crippen LogP contribution in [0.4, 0.5) is 0 Å². The Morgan fingerprint density at radius 1 is 0.889 bits per heavy atom. The lowest BCUT2D eigenvalue weighted by Crippen LogP contribution is -2.56. The van der Waals surface area contributed by atoms with Gasteiger partial charge in [-0.05, 0) is 37.1 Å². The third-order valence-electron chi connectivity index (χ3n) is 6.39. The molecule has 1 N–H and O–H groups in total. The van der Waals surface area contributed by atoms with Crippen LogP contribution in [0, 0.1) is 13.8 Å². The van der Waals surface area contributed by atoms with Crippen molar-refractivity contribution in [2.45, 2.75) is 33.2 Å². The van der Waals surface area contributed by atoms with Crippen molar-refractivity contribution in [1.29, 1.82) is 0 Å². The Bertz CT molecular complexity index is 1100. The molecular formula is C27H35N3O6. The summed E-state index contributed by atoms with van der Waals surface area (Å²) in [5, 5.41) is 2.82. The maximum Gasteiger partial charge on any atom is 0.254 e. The molecule has 1 aliphatic rings. The highest BCUT2D eigenvalue weighted by molar-refractivity contribution is 5.96. The highest BCUT2D eigenvalue weighted by Crippen LogP contribution is 2.38. The zero-order valence-electron chi connectivity index (χ0n) is 21.8. The molecule has 0 saturated carbocycles. The predicted octanol–water partition coefficient (Wildman–Crippen LogP) is 2.36. The van der Waals surface area contributed by atoms with Gasteiger partial charge in [0.15, 0.2) is 11.5 Å². The van der Waals surface area contributed by atoms with Gasteiger partial charge in [0.05, 0.1) is 21.3 Å². The number of nitrogens with zero attached hydrogens (tertiary/aromatic N) is 2. The Morgan fingerprint density at radius 2 is 1.47 bits per heavy atom. The second-order valence-electron chi connectivity index (χ2n) is 8.92. The van der Waals surface area contributed by atoms with E-state index in [1.54, 1.807) is 21.9 Å². The van der Waals surface area contributed by atoms with Gasteiger partial charge in [0.25, 0.3) is 5.91 Å². The number of aryl methyl sites for hydroxylation is 2. The number of methoxy groups -OCH3 is 3. The summed E-state index contributed by atoms with van der Waals surface area (Å²) >= 11 is 0. The van der Waals surface area contributed by atoms with Crippen LogP contribution in [-0.4, -0.2) is 81.1 Å². The van der Waals surface area contributed by atoms with E-state index >= 15 is 0 Å². The molecular weight excluding hydrogens is 462 g/mol. The number of rotatable bonds is 8. The highest BCUT2D eigenvalue weighted by atomic mass is 16.5. The predicted molar refractivity (Wildman–Crippen MR) is 136 cm³/mol. The molecule has 0 radical (unpaired) electrons. The van der Waals surface area contributed by atoms with Crippen molar-refractivity contribution >= 4 is 17.7 Å². The zero-order valence-corrected chi connectivity index (χ0v) is 21.8. The van der Waals surface area contributed by atoms with Crippen LogP contribution in [0.15, 0.2) is 30.3 Å². The molecule has 0 unspecified atom stereocenters. The smallest absolute Gasteiger partial charge is 0.254 e. The van der Waals surface area contributed by atoms with E-state index < -0.39 is 6.04 Å².